The molecule has 0 atom stereocenters. The van der Waals surface area contributed by atoms with E-state index in [4.69, 9.17) is 4.52 Å². The van der Waals surface area contributed by atoms with Crippen LogP contribution in [-0.2, 0) is 5.41 Å². The number of benzene rings is 2. The molecule has 28 heavy (non-hydrogen) atoms. The zero-order valence-electron chi connectivity index (χ0n) is 17.3. The Labute approximate surface area is 169 Å². The quantitative estimate of drug-likeness (QED) is 0.307. The van der Waals surface area contributed by atoms with Crippen LogP contribution in [0.4, 0.5) is 0 Å². The van der Waals surface area contributed by atoms with Gasteiger partial charge in [-0.25, -0.2) is 0 Å². The molecule has 0 amide bonds. The first-order valence-corrected chi connectivity index (χ1v) is 12.0. The predicted molar refractivity (Wildman–Crippen MR) is 117 cm³/mol. The monoisotopic (exact) mass is 405 g/mol. The van der Waals surface area contributed by atoms with Gasteiger partial charge in [-0.05, 0) is 48.2 Å². The molecule has 0 saturated heterocycles. The second-order valence-corrected chi connectivity index (χ2v) is 9.90. The minimum Gasteiger partial charge on any atom is -0.508 e. The van der Waals surface area contributed by atoms with Crippen molar-refractivity contribution in [2.24, 2.45) is 0 Å². The van der Waals surface area contributed by atoms with Crippen molar-refractivity contribution in [3.8, 4) is 11.5 Å². The van der Waals surface area contributed by atoms with Crippen LogP contribution in [0.15, 0.2) is 48.5 Å². The van der Waals surface area contributed by atoms with Crippen LogP contribution in [-0.4, -0.2) is 21.1 Å². The average molecular weight is 405 g/mol. The second kappa shape index (κ2) is 10.2. The Kier molecular flexibility index (Phi) is 8.30. The lowest BCUT2D eigenvalue weighted by atomic mass is 9.78. The third-order valence-electron chi connectivity index (χ3n) is 5.22. The Hall–Kier alpha value is -1.61. The molecule has 0 aliphatic heterocycles. The fourth-order valence-corrected chi connectivity index (χ4v) is 4.48. The van der Waals surface area contributed by atoms with E-state index in [9.17, 15) is 14.9 Å². The molecule has 0 aromatic heterocycles. The molecule has 0 radical (unpaired) electrons. The summed E-state index contributed by atoms with van der Waals surface area (Å²) in [7, 11) is -3.37. The maximum Gasteiger partial charge on any atom is 0.451 e. The number of aromatic hydroxyl groups is 1. The van der Waals surface area contributed by atoms with Gasteiger partial charge in [0.15, 0.2) is 5.75 Å². The van der Waals surface area contributed by atoms with Crippen molar-refractivity contribution in [1.29, 1.82) is 0 Å². The Balaban J connectivity index is 1.93. The van der Waals surface area contributed by atoms with E-state index in [1.54, 1.807) is 24.3 Å². The van der Waals surface area contributed by atoms with Crippen LogP contribution in [0.2, 0.25) is 0 Å². The number of phenolic OH excluding ortho intramolecular Hbond substituents is 1. The van der Waals surface area contributed by atoms with E-state index < -0.39 is 7.94 Å². The highest BCUT2D eigenvalue weighted by molar-refractivity contribution is 7.60. The van der Waals surface area contributed by atoms with Crippen molar-refractivity contribution in [1.82, 2.24) is 0 Å². The lowest BCUT2D eigenvalue weighted by Gasteiger charge is -2.26. The molecule has 0 spiro atoms. The smallest absolute Gasteiger partial charge is 0.451 e. The zero-order chi connectivity index (χ0) is 20.6. The van der Waals surface area contributed by atoms with E-state index in [1.165, 1.54) is 19.3 Å². The number of phenols is 1. The number of unbranched alkanes of at least 4 members (excludes halogenated alkanes) is 5. The van der Waals surface area contributed by atoms with E-state index >= 15 is 0 Å². The fourth-order valence-electron chi connectivity index (χ4n) is 3.29. The Morgan fingerprint density at radius 3 is 1.86 bits per heavy atom. The van der Waals surface area contributed by atoms with E-state index in [2.05, 4.69) is 20.8 Å². The molecule has 0 aliphatic carbocycles. The maximum atomic E-state index is 10.2. The molecule has 4 nitrogen and oxygen atoms in total. The summed E-state index contributed by atoms with van der Waals surface area (Å²) < 4.78 is 5.51. The van der Waals surface area contributed by atoms with Gasteiger partial charge in [-0.2, -0.15) is 9.79 Å². The van der Waals surface area contributed by atoms with Crippen LogP contribution in [0.5, 0.6) is 11.5 Å². The molecule has 0 aliphatic rings. The summed E-state index contributed by atoms with van der Waals surface area (Å²) in [6.07, 6.45) is 6.87. The summed E-state index contributed by atoms with van der Waals surface area (Å²) in [5, 5.41) is 9.49. The number of hydrogen-bond acceptors (Lipinski definition) is 4. The summed E-state index contributed by atoms with van der Waals surface area (Å²) in [6, 6.07) is 14.7. The third-order valence-corrected chi connectivity index (χ3v) is 6.62. The first kappa shape index (κ1) is 22.7. The maximum absolute atomic E-state index is 10.2. The van der Waals surface area contributed by atoms with Crippen LogP contribution in [0.25, 0.3) is 0 Å². The SMILES string of the molecule is CCCCCCCC[P+](O)(O)Oc1ccc(C(C)(C)c2ccc(O)cc2)cc1. The largest absolute Gasteiger partial charge is 0.508 e. The molecular weight excluding hydrogens is 371 g/mol. The van der Waals surface area contributed by atoms with E-state index in [0.717, 1.165) is 30.4 Å². The number of hydrogen-bond donors (Lipinski definition) is 3. The summed E-state index contributed by atoms with van der Waals surface area (Å²) in [5.41, 5.74) is 1.93. The molecule has 154 valence electrons. The lowest BCUT2D eigenvalue weighted by Crippen LogP contribution is -2.18. The molecule has 0 saturated carbocycles. The summed E-state index contributed by atoms with van der Waals surface area (Å²) >= 11 is 0. The molecule has 0 bridgehead atoms. The van der Waals surface area contributed by atoms with Gasteiger partial charge in [-0.15, -0.1) is 0 Å². The molecule has 0 unspecified atom stereocenters. The lowest BCUT2D eigenvalue weighted by molar-refractivity contribution is 0.336. The van der Waals surface area contributed by atoms with E-state index in [-0.39, 0.29) is 11.2 Å². The van der Waals surface area contributed by atoms with Gasteiger partial charge in [0.1, 0.15) is 11.9 Å². The molecule has 0 fully saturated rings. The van der Waals surface area contributed by atoms with E-state index in [1.807, 2.05) is 24.3 Å². The highest BCUT2D eigenvalue weighted by Gasteiger charge is 2.36. The Morgan fingerprint density at radius 1 is 0.786 bits per heavy atom. The molecule has 3 N–H and O–H groups in total. The van der Waals surface area contributed by atoms with Crippen LogP contribution in [0.1, 0.15) is 70.4 Å². The minimum absolute atomic E-state index is 0.241. The van der Waals surface area contributed by atoms with Gasteiger partial charge in [0.25, 0.3) is 0 Å². The molecule has 2 aromatic rings. The Bertz CT molecular complexity index is 708. The zero-order valence-corrected chi connectivity index (χ0v) is 18.2. The summed E-state index contributed by atoms with van der Waals surface area (Å²) in [5.74, 6) is 0.731. The molecule has 2 aromatic carbocycles. The summed E-state index contributed by atoms with van der Waals surface area (Å²) in [6.45, 7) is 6.41. The fraction of sp³-hybridized carbons (Fsp3) is 0.478. The van der Waals surface area contributed by atoms with Gasteiger partial charge in [-0.3, -0.25) is 4.52 Å². The number of rotatable bonds is 11. The average Bonchev–Trinajstić information content (AvgIpc) is 2.65. The van der Waals surface area contributed by atoms with Gasteiger partial charge >= 0.3 is 7.94 Å². The van der Waals surface area contributed by atoms with E-state index in [0.29, 0.717) is 11.9 Å². The highest BCUT2D eigenvalue weighted by Crippen LogP contribution is 2.52. The van der Waals surface area contributed by atoms with Gasteiger partial charge in [0, 0.05) is 5.41 Å². The normalized spacial score (nSPS) is 12.2. The molecule has 2 rings (SSSR count). The van der Waals surface area contributed by atoms with Crippen LogP contribution < -0.4 is 4.52 Å². The van der Waals surface area contributed by atoms with Crippen LogP contribution in [0.3, 0.4) is 0 Å². The van der Waals surface area contributed by atoms with Crippen LogP contribution >= 0.6 is 7.94 Å². The van der Waals surface area contributed by atoms with Gasteiger partial charge < -0.3 is 5.11 Å². The van der Waals surface area contributed by atoms with Gasteiger partial charge in [0.2, 0.25) is 0 Å². The van der Waals surface area contributed by atoms with Crippen molar-refractivity contribution < 1.29 is 19.4 Å². The first-order valence-electron chi connectivity index (χ1n) is 10.2. The Morgan fingerprint density at radius 2 is 1.29 bits per heavy atom. The third kappa shape index (κ3) is 6.77. The summed E-state index contributed by atoms with van der Waals surface area (Å²) in [4.78, 5) is 20.4. The van der Waals surface area contributed by atoms with Crippen LogP contribution in [0, 0.1) is 0 Å². The van der Waals surface area contributed by atoms with Crippen molar-refractivity contribution in [2.45, 2.75) is 64.7 Å². The molecular formula is C23H34O4P+. The molecule has 0 heterocycles. The second-order valence-electron chi connectivity index (χ2n) is 7.94. The topological polar surface area (TPSA) is 69.9 Å². The van der Waals surface area contributed by atoms with Crippen molar-refractivity contribution >= 4 is 7.94 Å². The van der Waals surface area contributed by atoms with Gasteiger partial charge in [0.05, 0.1) is 0 Å². The van der Waals surface area contributed by atoms with Gasteiger partial charge in [-0.1, -0.05) is 70.7 Å². The molecule has 5 heteroatoms. The minimum atomic E-state index is -3.37. The standard InChI is InChI=1S/C23H33O4P/c1-4-5-6-7-8-9-18-28(25,26)27-22-16-12-20(13-17-22)23(2,3)19-10-14-21(24)15-11-19/h10-17,25-26H,4-9,18H2,1-3H3/p+1. The predicted octanol–water partition coefficient (Wildman–Crippen LogP) is 6.20. The first-order chi connectivity index (χ1) is 13.2. The highest BCUT2D eigenvalue weighted by atomic mass is 31.2. The van der Waals surface area contributed by atoms with Crippen molar-refractivity contribution in [3.05, 3.63) is 59.7 Å². The van der Waals surface area contributed by atoms with Crippen molar-refractivity contribution in [2.75, 3.05) is 6.16 Å². The van der Waals surface area contributed by atoms with Crippen molar-refractivity contribution in [3.63, 3.8) is 0 Å².